The highest BCUT2D eigenvalue weighted by Crippen LogP contribution is 2.30. The van der Waals surface area contributed by atoms with Crippen LogP contribution in [0.3, 0.4) is 0 Å². The van der Waals surface area contributed by atoms with Crippen LogP contribution >= 0.6 is 0 Å². The minimum atomic E-state index is 0.411. The van der Waals surface area contributed by atoms with Gasteiger partial charge in [-0.3, -0.25) is 0 Å². The van der Waals surface area contributed by atoms with Crippen LogP contribution in [0, 0.1) is 0 Å². The summed E-state index contributed by atoms with van der Waals surface area (Å²) in [6.07, 6.45) is 0.411. The molecule has 1 atom stereocenters. The second-order valence-corrected chi connectivity index (χ2v) is 4.60. The van der Waals surface area contributed by atoms with E-state index in [1.54, 1.807) is 0 Å². The topological polar surface area (TPSA) is 17.5 Å². The Bertz CT molecular complexity index is 642. The van der Waals surface area contributed by atoms with Gasteiger partial charge in [0.25, 0.3) is 0 Å². The summed E-state index contributed by atoms with van der Waals surface area (Å²) in [6, 6.07) is 17.2. The number of rotatable bonds is 2. The standard InChI is InChI=1S/C15H13NO.2C2H6/c1-3-7-14-12(5-1)13-6-2-4-8-15(13)16(14)9-11-10-17-11;2*1-2/h1-8,11H,9-10H2;2*1-2H3. The molecule has 0 aliphatic carbocycles. The summed E-state index contributed by atoms with van der Waals surface area (Å²) in [5.74, 6) is 0. The summed E-state index contributed by atoms with van der Waals surface area (Å²) in [7, 11) is 0. The Labute approximate surface area is 127 Å². The molecule has 0 spiro atoms. The average Bonchev–Trinajstić information content (AvgIpc) is 3.35. The third kappa shape index (κ3) is 3.11. The van der Waals surface area contributed by atoms with E-state index in [1.807, 2.05) is 27.7 Å². The lowest BCUT2D eigenvalue weighted by Crippen LogP contribution is -2.03. The van der Waals surface area contributed by atoms with Gasteiger partial charge >= 0.3 is 0 Å². The molecule has 1 fully saturated rings. The first-order valence-electron chi connectivity index (χ1n) is 8.01. The number of aromatic nitrogens is 1. The second-order valence-electron chi connectivity index (χ2n) is 4.60. The van der Waals surface area contributed by atoms with Gasteiger partial charge in [-0.2, -0.15) is 0 Å². The van der Waals surface area contributed by atoms with Gasteiger partial charge in [-0.25, -0.2) is 0 Å². The van der Waals surface area contributed by atoms with Crippen LogP contribution in [0.4, 0.5) is 0 Å². The average molecular weight is 283 g/mol. The Kier molecular flexibility index (Phi) is 5.40. The molecule has 2 heterocycles. The molecular formula is C19H25NO. The lowest BCUT2D eigenvalue weighted by molar-refractivity contribution is 0.387. The maximum atomic E-state index is 5.36. The Morgan fingerprint density at radius 3 is 1.71 bits per heavy atom. The van der Waals surface area contributed by atoms with Crippen molar-refractivity contribution < 1.29 is 4.74 Å². The van der Waals surface area contributed by atoms with Crippen LogP contribution < -0.4 is 0 Å². The lowest BCUT2D eigenvalue weighted by Gasteiger charge is -2.04. The summed E-state index contributed by atoms with van der Waals surface area (Å²) < 4.78 is 7.74. The number of ether oxygens (including phenoxy) is 1. The van der Waals surface area contributed by atoms with Gasteiger partial charge in [0.05, 0.1) is 19.3 Å². The number of benzene rings is 2. The van der Waals surface area contributed by atoms with Gasteiger partial charge in [0, 0.05) is 21.8 Å². The molecule has 21 heavy (non-hydrogen) atoms. The second kappa shape index (κ2) is 7.28. The van der Waals surface area contributed by atoms with Crippen LogP contribution in [-0.4, -0.2) is 17.3 Å². The van der Waals surface area contributed by atoms with Gasteiger partial charge in [-0.05, 0) is 12.1 Å². The highest BCUT2D eigenvalue weighted by Gasteiger charge is 2.24. The van der Waals surface area contributed by atoms with Gasteiger partial charge in [0.15, 0.2) is 0 Å². The summed E-state index contributed by atoms with van der Waals surface area (Å²) in [6.45, 7) is 9.87. The maximum absolute atomic E-state index is 5.36. The monoisotopic (exact) mass is 283 g/mol. The first-order chi connectivity index (χ1) is 10.4. The van der Waals surface area contributed by atoms with Gasteiger partial charge in [-0.15, -0.1) is 0 Å². The SMILES string of the molecule is CC.CC.c1ccc2c(c1)c1ccccc1n2CC1CO1. The van der Waals surface area contributed by atoms with Crippen molar-refractivity contribution in [2.24, 2.45) is 0 Å². The largest absolute Gasteiger partial charge is 0.371 e. The number of nitrogens with zero attached hydrogens (tertiary/aromatic N) is 1. The first-order valence-corrected chi connectivity index (χ1v) is 8.01. The summed E-state index contributed by atoms with van der Waals surface area (Å²) in [5, 5.41) is 2.67. The van der Waals surface area contributed by atoms with Crippen molar-refractivity contribution in [2.75, 3.05) is 6.61 Å². The van der Waals surface area contributed by atoms with E-state index in [0.29, 0.717) is 6.10 Å². The van der Waals surface area contributed by atoms with Crippen LogP contribution in [0.1, 0.15) is 27.7 Å². The molecule has 1 aromatic heterocycles. The van der Waals surface area contributed by atoms with Gasteiger partial charge < -0.3 is 9.30 Å². The van der Waals surface area contributed by atoms with Crippen molar-refractivity contribution in [3.05, 3.63) is 48.5 Å². The van der Waals surface area contributed by atoms with Crippen LogP contribution in [0.2, 0.25) is 0 Å². The number of epoxide rings is 1. The van der Waals surface area contributed by atoms with E-state index in [9.17, 15) is 0 Å². The molecule has 1 saturated heterocycles. The van der Waals surface area contributed by atoms with Crippen molar-refractivity contribution >= 4 is 21.8 Å². The quantitative estimate of drug-likeness (QED) is 0.587. The molecule has 1 aliphatic rings. The van der Waals surface area contributed by atoms with Crippen LogP contribution in [0.15, 0.2) is 48.5 Å². The fourth-order valence-corrected chi connectivity index (χ4v) is 2.58. The molecule has 2 heteroatoms. The molecule has 0 amide bonds. The third-order valence-electron chi connectivity index (χ3n) is 3.47. The molecule has 0 saturated carbocycles. The molecule has 3 aromatic rings. The zero-order valence-corrected chi connectivity index (χ0v) is 13.5. The molecular weight excluding hydrogens is 258 g/mol. The summed E-state index contributed by atoms with van der Waals surface area (Å²) in [4.78, 5) is 0. The molecule has 0 bridgehead atoms. The fourth-order valence-electron chi connectivity index (χ4n) is 2.58. The van der Waals surface area contributed by atoms with Crippen molar-refractivity contribution in [1.29, 1.82) is 0 Å². The van der Waals surface area contributed by atoms with Gasteiger partial charge in [-0.1, -0.05) is 64.1 Å². The van der Waals surface area contributed by atoms with E-state index in [2.05, 4.69) is 53.1 Å². The Morgan fingerprint density at radius 1 is 0.857 bits per heavy atom. The first kappa shape index (κ1) is 15.6. The van der Waals surface area contributed by atoms with Crippen molar-refractivity contribution in [2.45, 2.75) is 40.3 Å². The molecule has 112 valence electrons. The Morgan fingerprint density at radius 2 is 1.29 bits per heavy atom. The Balaban J connectivity index is 0.000000374. The minimum Gasteiger partial charge on any atom is -0.371 e. The normalized spacial score (nSPS) is 15.9. The zero-order valence-electron chi connectivity index (χ0n) is 13.5. The summed E-state index contributed by atoms with van der Waals surface area (Å²) >= 11 is 0. The number of para-hydroxylation sites is 2. The van der Waals surface area contributed by atoms with Crippen LogP contribution in [-0.2, 0) is 11.3 Å². The van der Waals surface area contributed by atoms with Crippen molar-refractivity contribution in [3.8, 4) is 0 Å². The zero-order chi connectivity index (χ0) is 15.2. The van der Waals surface area contributed by atoms with Crippen LogP contribution in [0.25, 0.3) is 21.8 Å². The Hall–Kier alpha value is -1.80. The van der Waals surface area contributed by atoms with E-state index < -0.39 is 0 Å². The van der Waals surface area contributed by atoms with E-state index >= 15 is 0 Å². The number of hydrogen-bond donors (Lipinski definition) is 0. The van der Waals surface area contributed by atoms with E-state index in [1.165, 1.54) is 21.8 Å². The molecule has 4 rings (SSSR count). The molecule has 0 N–H and O–H groups in total. The highest BCUT2D eigenvalue weighted by atomic mass is 16.6. The molecule has 1 aliphatic heterocycles. The number of hydrogen-bond acceptors (Lipinski definition) is 1. The number of fused-ring (bicyclic) bond motifs is 3. The van der Waals surface area contributed by atoms with E-state index in [0.717, 1.165) is 13.2 Å². The molecule has 1 unspecified atom stereocenters. The lowest BCUT2D eigenvalue weighted by atomic mass is 10.2. The molecule has 2 aromatic carbocycles. The highest BCUT2D eigenvalue weighted by molar-refractivity contribution is 6.07. The van der Waals surface area contributed by atoms with Gasteiger partial charge in [0.2, 0.25) is 0 Å². The predicted molar refractivity (Wildman–Crippen MR) is 91.9 cm³/mol. The maximum Gasteiger partial charge on any atom is 0.0988 e. The van der Waals surface area contributed by atoms with Gasteiger partial charge in [0.1, 0.15) is 0 Å². The predicted octanol–water partition coefficient (Wildman–Crippen LogP) is 5.25. The van der Waals surface area contributed by atoms with Crippen LogP contribution in [0.5, 0.6) is 0 Å². The molecule has 0 radical (unpaired) electrons. The van der Waals surface area contributed by atoms with Crippen molar-refractivity contribution in [3.63, 3.8) is 0 Å². The third-order valence-corrected chi connectivity index (χ3v) is 3.47. The van der Waals surface area contributed by atoms with E-state index in [4.69, 9.17) is 4.74 Å². The van der Waals surface area contributed by atoms with Crippen molar-refractivity contribution in [1.82, 2.24) is 4.57 Å². The summed E-state index contributed by atoms with van der Waals surface area (Å²) in [5.41, 5.74) is 2.62. The minimum absolute atomic E-state index is 0.411. The van der Waals surface area contributed by atoms with E-state index in [-0.39, 0.29) is 0 Å². The molecule has 2 nitrogen and oxygen atoms in total. The smallest absolute Gasteiger partial charge is 0.0988 e. The fraction of sp³-hybridized carbons (Fsp3) is 0.368.